The highest BCUT2D eigenvalue weighted by atomic mass is 16.2. The molecule has 0 spiro atoms. The van der Waals surface area contributed by atoms with Crippen LogP contribution in [0.15, 0.2) is 24.3 Å². The quantitative estimate of drug-likeness (QED) is 0.811. The van der Waals surface area contributed by atoms with Crippen LogP contribution in [0, 0.1) is 17.2 Å². The third kappa shape index (κ3) is 2.38. The lowest BCUT2D eigenvalue weighted by Crippen LogP contribution is -2.34. The fraction of sp³-hybridized carbons (Fsp3) is 0.467. The second kappa shape index (κ2) is 4.45. The Balaban J connectivity index is 1.79. The first-order chi connectivity index (χ1) is 8.78. The van der Waals surface area contributed by atoms with Crippen LogP contribution >= 0.6 is 0 Å². The zero-order valence-electron chi connectivity index (χ0n) is 10.3. The third-order valence-electron chi connectivity index (χ3n) is 3.64. The first-order valence-electron chi connectivity index (χ1n) is 6.59. The van der Waals surface area contributed by atoms with E-state index in [1.165, 1.54) is 12.8 Å². The van der Waals surface area contributed by atoms with Crippen LogP contribution in [0.25, 0.3) is 0 Å². The lowest BCUT2D eigenvalue weighted by atomic mass is 10.1. The Labute approximate surface area is 107 Å². The standard InChI is InChI=1S/C15H16N2O/c16-9-12-2-1-3-13(8-12)15(18)17(14-6-7-14)10-11-4-5-11/h1-3,8,11,14H,4-7,10H2. The first kappa shape index (κ1) is 11.3. The van der Waals surface area contributed by atoms with Gasteiger partial charge in [-0.15, -0.1) is 0 Å². The Kier molecular flexibility index (Phi) is 2.79. The first-order valence-corrected chi connectivity index (χ1v) is 6.59. The summed E-state index contributed by atoms with van der Waals surface area (Å²) in [5, 5.41) is 8.88. The maximum atomic E-state index is 12.5. The van der Waals surface area contributed by atoms with E-state index in [1.807, 2.05) is 11.0 Å². The molecule has 0 atom stereocenters. The molecule has 0 bridgehead atoms. The Morgan fingerprint density at radius 2 is 2.11 bits per heavy atom. The molecule has 0 unspecified atom stereocenters. The smallest absolute Gasteiger partial charge is 0.254 e. The van der Waals surface area contributed by atoms with Crippen molar-refractivity contribution in [2.75, 3.05) is 6.54 Å². The normalized spacial score (nSPS) is 18.2. The van der Waals surface area contributed by atoms with Gasteiger partial charge in [-0.3, -0.25) is 4.79 Å². The molecule has 3 heteroatoms. The highest BCUT2D eigenvalue weighted by Crippen LogP contribution is 2.35. The van der Waals surface area contributed by atoms with Crippen LogP contribution in [0.1, 0.15) is 41.6 Å². The van der Waals surface area contributed by atoms with Gasteiger partial charge in [0, 0.05) is 18.2 Å². The Bertz CT molecular complexity index is 509. The maximum Gasteiger partial charge on any atom is 0.254 e. The van der Waals surface area contributed by atoms with Crippen molar-refractivity contribution < 1.29 is 4.79 Å². The molecule has 1 aromatic carbocycles. The van der Waals surface area contributed by atoms with E-state index in [2.05, 4.69) is 6.07 Å². The maximum absolute atomic E-state index is 12.5. The van der Waals surface area contributed by atoms with Gasteiger partial charge < -0.3 is 4.90 Å². The minimum absolute atomic E-state index is 0.0986. The molecule has 0 heterocycles. The highest BCUT2D eigenvalue weighted by Gasteiger charge is 2.36. The molecule has 92 valence electrons. The van der Waals surface area contributed by atoms with Crippen molar-refractivity contribution >= 4 is 5.91 Å². The summed E-state index contributed by atoms with van der Waals surface area (Å²) in [6.07, 6.45) is 4.79. The van der Waals surface area contributed by atoms with Crippen molar-refractivity contribution in [3.05, 3.63) is 35.4 Å². The van der Waals surface area contributed by atoms with Crippen LogP contribution in [0.4, 0.5) is 0 Å². The minimum Gasteiger partial charge on any atom is -0.335 e. The summed E-state index contributed by atoms with van der Waals surface area (Å²) in [5.41, 5.74) is 1.21. The van der Waals surface area contributed by atoms with Crippen molar-refractivity contribution in [2.24, 2.45) is 5.92 Å². The SMILES string of the molecule is N#Cc1cccc(C(=O)N(CC2CC2)C2CC2)c1. The van der Waals surface area contributed by atoms with Gasteiger partial charge >= 0.3 is 0 Å². The molecule has 2 fully saturated rings. The van der Waals surface area contributed by atoms with Gasteiger partial charge in [-0.2, -0.15) is 5.26 Å². The molecule has 2 aliphatic rings. The Hall–Kier alpha value is -1.82. The van der Waals surface area contributed by atoms with Crippen LogP contribution in [-0.2, 0) is 0 Å². The summed E-state index contributed by atoms with van der Waals surface area (Å²) in [4.78, 5) is 14.5. The van der Waals surface area contributed by atoms with Crippen molar-refractivity contribution in [1.82, 2.24) is 4.90 Å². The van der Waals surface area contributed by atoms with E-state index >= 15 is 0 Å². The summed E-state index contributed by atoms with van der Waals surface area (Å²) in [6, 6.07) is 9.57. The number of hydrogen-bond acceptors (Lipinski definition) is 2. The van der Waals surface area contributed by atoms with Crippen molar-refractivity contribution in [2.45, 2.75) is 31.7 Å². The zero-order chi connectivity index (χ0) is 12.5. The van der Waals surface area contributed by atoms with Gasteiger partial charge in [0.25, 0.3) is 5.91 Å². The van der Waals surface area contributed by atoms with Crippen LogP contribution in [0.2, 0.25) is 0 Å². The van der Waals surface area contributed by atoms with Gasteiger partial charge in [0.2, 0.25) is 0 Å². The number of carbonyl (C=O) groups is 1. The molecule has 1 amide bonds. The predicted octanol–water partition coefficient (Wildman–Crippen LogP) is 2.57. The largest absolute Gasteiger partial charge is 0.335 e. The highest BCUT2D eigenvalue weighted by molar-refractivity contribution is 5.95. The Morgan fingerprint density at radius 1 is 1.33 bits per heavy atom. The monoisotopic (exact) mass is 240 g/mol. The van der Waals surface area contributed by atoms with Crippen LogP contribution in [-0.4, -0.2) is 23.4 Å². The molecule has 3 nitrogen and oxygen atoms in total. The zero-order valence-corrected chi connectivity index (χ0v) is 10.3. The molecule has 18 heavy (non-hydrogen) atoms. The van der Waals surface area contributed by atoms with Gasteiger partial charge in [-0.1, -0.05) is 6.07 Å². The number of nitrogens with zero attached hydrogens (tertiary/aromatic N) is 2. The molecule has 2 aliphatic carbocycles. The Morgan fingerprint density at radius 3 is 2.72 bits per heavy atom. The van der Waals surface area contributed by atoms with Crippen LogP contribution in [0.3, 0.4) is 0 Å². The summed E-state index contributed by atoms with van der Waals surface area (Å²) in [7, 11) is 0. The number of nitriles is 1. The van der Waals surface area contributed by atoms with Crippen LogP contribution < -0.4 is 0 Å². The average Bonchev–Trinajstić information content (AvgIpc) is 3.28. The summed E-state index contributed by atoms with van der Waals surface area (Å²) in [5.74, 6) is 0.815. The lowest BCUT2D eigenvalue weighted by Gasteiger charge is -2.22. The van der Waals surface area contributed by atoms with Crippen molar-refractivity contribution in [3.8, 4) is 6.07 Å². The van der Waals surface area contributed by atoms with E-state index in [0.29, 0.717) is 23.1 Å². The summed E-state index contributed by atoms with van der Waals surface area (Å²) >= 11 is 0. The average molecular weight is 240 g/mol. The minimum atomic E-state index is 0.0986. The summed E-state index contributed by atoms with van der Waals surface area (Å²) < 4.78 is 0. The molecule has 0 aliphatic heterocycles. The van der Waals surface area contributed by atoms with Crippen molar-refractivity contribution in [1.29, 1.82) is 5.26 Å². The molecule has 2 saturated carbocycles. The molecular formula is C15H16N2O. The number of amides is 1. The lowest BCUT2D eigenvalue weighted by molar-refractivity contribution is 0.0735. The molecule has 1 aromatic rings. The molecule has 0 aromatic heterocycles. The van der Waals surface area contributed by atoms with Crippen LogP contribution in [0.5, 0.6) is 0 Å². The fourth-order valence-electron chi connectivity index (χ4n) is 2.25. The van der Waals surface area contributed by atoms with Gasteiger partial charge in [-0.25, -0.2) is 0 Å². The van der Waals surface area contributed by atoms with Gasteiger partial charge in [0.05, 0.1) is 11.6 Å². The van der Waals surface area contributed by atoms with Gasteiger partial charge in [0.1, 0.15) is 0 Å². The molecular weight excluding hydrogens is 224 g/mol. The second-order valence-electron chi connectivity index (χ2n) is 5.32. The molecule has 0 N–H and O–H groups in total. The second-order valence-corrected chi connectivity index (χ2v) is 5.32. The number of hydrogen-bond donors (Lipinski definition) is 0. The molecule has 0 radical (unpaired) electrons. The fourth-order valence-corrected chi connectivity index (χ4v) is 2.25. The molecule has 3 rings (SSSR count). The van der Waals surface area contributed by atoms with E-state index in [4.69, 9.17) is 5.26 Å². The third-order valence-corrected chi connectivity index (χ3v) is 3.64. The number of benzene rings is 1. The summed E-state index contributed by atoms with van der Waals surface area (Å²) in [6.45, 7) is 0.903. The van der Waals surface area contributed by atoms with E-state index in [9.17, 15) is 4.79 Å². The van der Waals surface area contributed by atoms with E-state index in [-0.39, 0.29) is 5.91 Å². The predicted molar refractivity (Wildman–Crippen MR) is 67.9 cm³/mol. The molecule has 0 saturated heterocycles. The topological polar surface area (TPSA) is 44.1 Å². The number of carbonyl (C=O) groups excluding carboxylic acids is 1. The van der Waals surface area contributed by atoms with E-state index in [0.717, 1.165) is 19.4 Å². The van der Waals surface area contributed by atoms with E-state index in [1.54, 1.807) is 18.2 Å². The number of rotatable bonds is 4. The van der Waals surface area contributed by atoms with E-state index < -0.39 is 0 Å². The van der Waals surface area contributed by atoms with Gasteiger partial charge in [0.15, 0.2) is 0 Å². The van der Waals surface area contributed by atoms with Crippen molar-refractivity contribution in [3.63, 3.8) is 0 Å². The van der Waals surface area contributed by atoms with Gasteiger partial charge in [-0.05, 0) is 49.8 Å².